The molecule has 1 N–H and O–H groups in total. The Labute approximate surface area is 152 Å². The molecule has 1 aromatic rings. The van der Waals surface area contributed by atoms with E-state index in [1.54, 1.807) is 11.8 Å². The molecule has 0 saturated carbocycles. The van der Waals surface area contributed by atoms with Gasteiger partial charge in [-0.2, -0.15) is 0 Å². The number of hydrogen-bond donors (Lipinski definition) is 1. The summed E-state index contributed by atoms with van der Waals surface area (Å²) in [6.07, 6.45) is 0.0966. The Bertz CT molecular complexity index is 660. The highest BCUT2D eigenvalue weighted by Crippen LogP contribution is 2.23. The largest absolute Gasteiger partial charge is 0.466 e. The fourth-order valence-corrected chi connectivity index (χ4v) is 3.03. The van der Waals surface area contributed by atoms with Gasteiger partial charge in [-0.05, 0) is 38.5 Å². The molecule has 1 aromatic carbocycles. The summed E-state index contributed by atoms with van der Waals surface area (Å²) in [5, 5.41) is 2.82. The van der Waals surface area contributed by atoms with Gasteiger partial charge in [0.1, 0.15) is 5.82 Å². The van der Waals surface area contributed by atoms with Crippen molar-refractivity contribution in [3.63, 3.8) is 0 Å². The van der Waals surface area contributed by atoms with E-state index >= 15 is 0 Å². The van der Waals surface area contributed by atoms with Gasteiger partial charge in [0.2, 0.25) is 11.8 Å². The number of ether oxygens (including phenoxy) is 1. The van der Waals surface area contributed by atoms with Crippen molar-refractivity contribution >= 4 is 17.8 Å². The predicted octanol–water partition coefficient (Wildman–Crippen LogP) is 2.19. The molecule has 2 amide bonds. The molecule has 0 spiro atoms. The number of rotatable bonds is 7. The summed E-state index contributed by atoms with van der Waals surface area (Å²) < 4.78 is 18.1. The SMILES string of the molecule is CCOC(=O)CC(NC(=O)C1CC(=O)N(C(C)C)C1)c1ccc(F)cc1. The van der Waals surface area contributed by atoms with Gasteiger partial charge in [-0.1, -0.05) is 12.1 Å². The number of carbonyl (C=O) groups excluding carboxylic acids is 3. The Morgan fingerprint density at radius 2 is 1.96 bits per heavy atom. The number of amides is 2. The minimum absolute atomic E-state index is 0.0349. The van der Waals surface area contributed by atoms with Crippen molar-refractivity contribution in [3.8, 4) is 0 Å². The minimum atomic E-state index is -0.634. The topological polar surface area (TPSA) is 75.7 Å². The van der Waals surface area contributed by atoms with E-state index in [-0.39, 0.29) is 37.3 Å². The van der Waals surface area contributed by atoms with Crippen LogP contribution in [0.4, 0.5) is 4.39 Å². The molecule has 0 radical (unpaired) electrons. The molecule has 2 atom stereocenters. The second-order valence-electron chi connectivity index (χ2n) is 6.66. The lowest BCUT2D eigenvalue weighted by Gasteiger charge is -2.22. The third-order valence-corrected chi connectivity index (χ3v) is 4.42. The Balaban J connectivity index is 2.10. The first-order valence-electron chi connectivity index (χ1n) is 8.82. The number of benzene rings is 1. The second-order valence-corrected chi connectivity index (χ2v) is 6.66. The quantitative estimate of drug-likeness (QED) is 0.753. The van der Waals surface area contributed by atoms with Gasteiger partial charge in [-0.3, -0.25) is 14.4 Å². The molecule has 7 heteroatoms. The van der Waals surface area contributed by atoms with Crippen LogP contribution in [0.1, 0.15) is 45.2 Å². The van der Waals surface area contributed by atoms with Crippen LogP contribution >= 0.6 is 0 Å². The van der Waals surface area contributed by atoms with E-state index in [0.29, 0.717) is 12.1 Å². The highest BCUT2D eigenvalue weighted by Gasteiger charge is 2.36. The zero-order valence-electron chi connectivity index (χ0n) is 15.3. The average Bonchev–Trinajstić information content (AvgIpc) is 2.97. The molecule has 1 fully saturated rings. The zero-order chi connectivity index (χ0) is 19.3. The molecule has 1 heterocycles. The molecule has 2 rings (SSSR count). The molecule has 1 aliphatic rings. The van der Waals surface area contributed by atoms with Gasteiger partial charge in [0.05, 0.1) is 25.0 Å². The molecule has 2 unspecified atom stereocenters. The summed E-state index contributed by atoms with van der Waals surface area (Å²) in [7, 11) is 0. The Hall–Kier alpha value is -2.44. The molecule has 142 valence electrons. The van der Waals surface area contributed by atoms with Crippen LogP contribution in [-0.4, -0.2) is 41.9 Å². The van der Waals surface area contributed by atoms with Crippen molar-refractivity contribution in [1.29, 1.82) is 0 Å². The molecular weight excluding hydrogens is 339 g/mol. The molecule has 0 aliphatic carbocycles. The van der Waals surface area contributed by atoms with Gasteiger partial charge in [0.25, 0.3) is 0 Å². The summed E-state index contributed by atoms with van der Waals surface area (Å²) >= 11 is 0. The smallest absolute Gasteiger partial charge is 0.308 e. The Morgan fingerprint density at radius 1 is 1.31 bits per heavy atom. The number of hydrogen-bond acceptors (Lipinski definition) is 4. The maximum Gasteiger partial charge on any atom is 0.308 e. The summed E-state index contributed by atoms with van der Waals surface area (Å²) in [6.45, 7) is 6.11. The number of nitrogens with zero attached hydrogens (tertiary/aromatic N) is 1. The van der Waals surface area contributed by atoms with Crippen LogP contribution in [0, 0.1) is 11.7 Å². The summed E-state index contributed by atoms with van der Waals surface area (Å²) in [5.74, 6) is -1.66. The summed E-state index contributed by atoms with van der Waals surface area (Å²) in [5.41, 5.74) is 0.609. The van der Waals surface area contributed by atoms with E-state index < -0.39 is 23.7 Å². The number of nitrogens with one attached hydrogen (secondary N) is 1. The lowest BCUT2D eigenvalue weighted by Crippen LogP contribution is -2.37. The standard InChI is InChI=1S/C19H25FN2O4/c1-4-26-18(24)10-16(13-5-7-15(20)8-6-13)21-19(25)14-9-17(23)22(11-14)12(2)3/h5-8,12,14,16H,4,9-11H2,1-3H3,(H,21,25). The molecule has 26 heavy (non-hydrogen) atoms. The lowest BCUT2D eigenvalue weighted by molar-refractivity contribution is -0.144. The fourth-order valence-electron chi connectivity index (χ4n) is 3.03. The van der Waals surface area contributed by atoms with Crippen molar-refractivity contribution in [2.45, 2.75) is 45.7 Å². The van der Waals surface area contributed by atoms with Crippen molar-refractivity contribution in [2.75, 3.05) is 13.2 Å². The highest BCUT2D eigenvalue weighted by molar-refractivity contribution is 5.89. The predicted molar refractivity (Wildman–Crippen MR) is 93.5 cm³/mol. The number of likely N-dealkylation sites (tertiary alicyclic amines) is 1. The van der Waals surface area contributed by atoms with Gasteiger partial charge in [-0.15, -0.1) is 0 Å². The van der Waals surface area contributed by atoms with Gasteiger partial charge in [0.15, 0.2) is 0 Å². The fraction of sp³-hybridized carbons (Fsp3) is 0.526. The van der Waals surface area contributed by atoms with E-state index in [9.17, 15) is 18.8 Å². The molecule has 6 nitrogen and oxygen atoms in total. The van der Waals surface area contributed by atoms with Gasteiger partial charge < -0.3 is 15.0 Å². The van der Waals surface area contributed by atoms with Crippen molar-refractivity contribution in [1.82, 2.24) is 10.2 Å². The van der Waals surface area contributed by atoms with Crippen molar-refractivity contribution in [3.05, 3.63) is 35.6 Å². The number of esters is 1. The maximum absolute atomic E-state index is 13.2. The summed E-state index contributed by atoms with van der Waals surface area (Å²) in [4.78, 5) is 38.2. The van der Waals surface area contributed by atoms with Crippen molar-refractivity contribution in [2.24, 2.45) is 5.92 Å². The van der Waals surface area contributed by atoms with E-state index in [1.165, 1.54) is 24.3 Å². The third kappa shape index (κ3) is 5.03. The van der Waals surface area contributed by atoms with E-state index in [2.05, 4.69) is 5.32 Å². The van der Waals surface area contributed by atoms with Crippen LogP contribution in [0.2, 0.25) is 0 Å². The molecule has 0 aromatic heterocycles. The van der Waals surface area contributed by atoms with Gasteiger partial charge >= 0.3 is 5.97 Å². The Morgan fingerprint density at radius 3 is 2.50 bits per heavy atom. The van der Waals surface area contributed by atoms with Crippen LogP contribution in [0.15, 0.2) is 24.3 Å². The first-order chi connectivity index (χ1) is 12.3. The monoisotopic (exact) mass is 364 g/mol. The van der Waals surface area contributed by atoms with Crippen LogP contribution in [0.5, 0.6) is 0 Å². The van der Waals surface area contributed by atoms with Crippen LogP contribution in [0.3, 0.4) is 0 Å². The normalized spacial score (nSPS) is 18.1. The first kappa shape index (κ1) is 19.9. The minimum Gasteiger partial charge on any atom is -0.466 e. The third-order valence-electron chi connectivity index (χ3n) is 4.42. The maximum atomic E-state index is 13.2. The van der Waals surface area contributed by atoms with Gasteiger partial charge in [0, 0.05) is 19.0 Å². The first-order valence-corrected chi connectivity index (χ1v) is 8.82. The lowest BCUT2D eigenvalue weighted by atomic mass is 10.0. The number of carbonyl (C=O) groups is 3. The molecule has 0 bridgehead atoms. The molecule has 1 aliphatic heterocycles. The van der Waals surface area contributed by atoms with Crippen LogP contribution in [0.25, 0.3) is 0 Å². The Kier molecular flexibility index (Phi) is 6.71. The van der Waals surface area contributed by atoms with Gasteiger partial charge in [-0.25, -0.2) is 4.39 Å². The highest BCUT2D eigenvalue weighted by atomic mass is 19.1. The average molecular weight is 364 g/mol. The molecule has 1 saturated heterocycles. The summed E-state index contributed by atoms with van der Waals surface area (Å²) in [6, 6.07) is 5.01. The van der Waals surface area contributed by atoms with Crippen molar-refractivity contribution < 1.29 is 23.5 Å². The number of halogens is 1. The zero-order valence-corrected chi connectivity index (χ0v) is 15.3. The van der Waals surface area contributed by atoms with E-state index in [0.717, 1.165) is 0 Å². The van der Waals surface area contributed by atoms with Crippen LogP contribution < -0.4 is 5.32 Å². The van der Waals surface area contributed by atoms with E-state index in [4.69, 9.17) is 4.74 Å². The second kappa shape index (κ2) is 8.78. The molecular formula is C19H25FN2O4. The van der Waals surface area contributed by atoms with E-state index in [1.807, 2.05) is 13.8 Å². The van der Waals surface area contributed by atoms with Crippen LogP contribution in [-0.2, 0) is 19.1 Å².